The average molecular weight is 360 g/mol. The van der Waals surface area contributed by atoms with Gasteiger partial charge in [0.05, 0.1) is 30.1 Å². The number of carbonyl (C=O) groups is 2. The van der Waals surface area contributed by atoms with Gasteiger partial charge in [-0.25, -0.2) is 13.2 Å². The van der Waals surface area contributed by atoms with E-state index in [4.69, 9.17) is 0 Å². The predicted octanol–water partition coefficient (Wildman–Crippen LogP) is -0.632. The van der Waals surface area contributed by atoms with Crippen molar-refractivity contribution in [3.8, 4) is 0 Å². The van der Waals surface area contributed by atoms with Gasteiger partial charge >= 0.3 is 6.03 Å². The van der Waals surface area contributed by atoms with Crippen molar-refractivity contribution in [1.82, 2.24) is 20.0 Å². The van der Waals surface area contributed by atoms with Gasteiger partial charge in [0, 0.05) is 19.6 Å². The summed E-state index contributed by atoms with van der Waals surface area (Å²) in [7, 11) is 0.363. The lowest BCUT2D eigenvalue weighted by molar-refractivity contribution is -0.136. The third kappa shape index (κ3) is 4.38. The van der Waals surface area contributed by atoms with Crippen molar-refractivity contribution in [2.45, 2.75) is 31.8 Å². The number of likely N-dealkylation sites (N-methyl/N-ethyl adjacent to an activating group) is 1. The van der Waals surface area contributed by atoms with Gasteiger partial charge in [-0.1, -0.05) is 13.3 Å². The van der Waals surface area contributed by atoms with E-state index >= 15 is 0 Å². The zero-order valence-electron chi connectivity index (χ0n) is 14.7. The molecule has 3 amide bonds. The Labute approximate surface area is 144 Å². The molecule has 2 saturated heterocycles. The van der Waals surface area contributed by atoms with Crippen LogP contribution < -0.4 is 5.32 Å². The minimum absolute atomic E-state index is 0.0599. The van der Waals surface area contributed by atoms with Crippen molar-refractivity contribution < 1.29 is 18.0 Å². The average Bonchev–Trinajstić information content (AvgIpc) is 2.80. The number of sulfone groups is 1. The fraction of sp³-hybridized carbons (Fsp3) is 0.867. The van der Waals surface area contributed by atoms with E-state index in [-0.39, 0.29) is 30.0 Å². The molecule has 0 saturated carbocycles. The number of hydrogen-bond donors (Lipinski definition) is 1. The van der Waals surface area contributed by atoms with Crippen molar-refractivity contribution in [3.05, 3.63) is 0 Å². The quantitative estimate of drug-likeness (QED) is 0.659. The summed E-state index contributed by atoms with van der Waals surface area (Å²) in [6, 6.07) is -1.11. The molecule has 0 aromatic heterocycles. The van der Waals surface area contributed by atoms with Gasteiger partial charge in [0.25, 0.3) is 0 Å². The minimum atomic E-state index is -3.24. The predicted molar refractivity (Wildman–Crippen MR) is 91.5 cm³/mol. The molecule has 138 valence electrons. The molecule has 24 heavy (non-hydrogen) atoms. The molecular formula is C15H28N4O4S. The normalized spacial score (nSPS) is 25.7. The first-order chi connectivity index (χ1) is 11.2. The molecular weight excluding hydrogens is 332 g/mol. The number of nitrogens with one attached hydrogen (secondary N) is 1. The van der Waals surface area contributed by atoms with Crippen LogP contribution in [0.3, 0.4) is 0 Å². The van der Waals surface area contributed by atoms with E-state index in [1.807, 2.05) is 6.92 Å². The molecule has 1 N–H and O–H groups in total. The summed E-state index contributed by atoms with van der Waals surface area (Å²) in [5, 5.41) is 2.85. The number of urea groups is 1. The first-order valence-corrected chi connectivity index (χ1v) is 10.3. The number of rotatable bonds is 5. The Balaban J connectivity index is 2.12. The number of carbonyl (C=O) groups excluding carboxylic acids is 2. The number of hydrogen-bond acceptors (Lipinski definition) is 5. The highest BCUT2D eigenvalue weighted by molar-refractivity contribution is 7.91. The van der Waals surface area contributed by atoms with Crippen LogP contribution in [0.4, 0.5) is 4.79 Å². The van der Waals surface area contributed by atoms with Crippen LogP contribution in [0, 0.1) is 0 Å². The van der Waals surface area contributed by atoms with E-state index in [0.717, 1.165) is 12.8 Å². The Morgan fingerprint density at radius 1 is 1.12 bits per heavy atom. The van der Waals surface area contributed by atoms with Crippen LogP contribution in [0.15, 0.2) is 0 Å². The van der Waals surface area contributed by atoms with E-state index in [0.29, 0.717) is 19.6 Å². The van der Waals surface area contributed by atoms with Crippen LogP contribution in [0.1, 0.15) is 19.8 Å². The lowest BCUT2D eigenvalue weighted by atomic mass is 10.0. The highest BCUT2D eigenvalue weighted by Gasteiger charge is 2.49. The van der Waals surface area contributed by atoms with E-state index in [2.05, 4.69) is 5.32 Å². The maximum atomic E-state index is 12.4. The lowest BCUT2D eigenvalue weighted by Gasteiger charge is -2.44. The summed E-state index contributed by atoms with van der Waals surface area (Å²) in [6.45, 7) is 3.62. The largest absolute Gasteiger partial charge is 0.338 e. The maximum Gasteiger partial charge on any atom is 0.317 e. The van der Waals surface area contributed by atoms with Crippen LogP contribution in [-0.4, -0.2) is 98.9 Å². The summed E-state index contributed by atoms with van der Waals surface area (Å²) in [5.74, 6) is -0.210. The number of piperazine rings is 1. The lowest BCUT2D eigenvalue weighted by Crippen LogP contribution is -2.64. The second-order valence-electron chi connectivity index (χ2n) is 6.82. The standard InChI is InChI=1S/C15H28N4O4S/c1-4-5-6-16-15(21)19-8-7-18(14(20)9-17(2)3)12-10-24(22,23)11-13(12)19/h12-13H,4-11H2,1-3H3,(H,16,21)/t12-,13+/m1/s1. The topological polar surface area (TPSA) is 90.0 Å². The Morgan fingerprint density at radius 3 is 2.29 bits per heavy atom. The summed E-state index contributed by atoms with van der Waals surface area (Å²) >= 11 is 0. The van der Waals surface area contributed by atoms with Gasteiger partial charge in [0.2, 0.25) is 5.91 Å². The Morgan fingerprint density at radius 2 is 1.71 bits per heavy atom. The second kappa shape index (κ2) is 7.69. The minimum Gasteiger partial charge on any atom is -0.338 e. The molecule has 0 spiro atoms. The first kappa shape index (κ1) is 19.0. The van der Waals surface area contributed by atoms with Crippen molar-refractivity contribution in [1.29, 1.82) is 0 Å². The third-order valence-electron chi connectivity index (χ3n) is 4.52. The van der Waals surface area contributed by atoms with Crippen molar-refractivity contribution >= 4 is 21.8 Å². The van der Waals surface area contributed by atoms with E-state index < -0.39 is 21.9 Å². The van der Waals surface area contributed by atoms with Crippen LogP contribution in [0.25, 0.3) is 0 Å². The second-order valence-corrected chi connectivity index (χ2v) is 8.97. The van der Waals surface area contributed by atoms with E-state index in [1.165, 1.54) is 0 Å². The molecule has 0 aromatic carbocycles. The summed E-state index contributed by atoms with van der Waals surface area (Å²) in [6.07, 6.45) is 1.87. The molecule has 8 nitrogen and oxygen atoms in total. The molecule has 2 aliphatic rings. The van der Waals surface area contributed by atoms with Crippen LogP contribution in [0.5, 0.6) is 0 Å². The SMILES string of the molecule is CCCCNC(=O)N1CCN(C(=O)CN(C)C)[C@@H]2CS(=O)(=O)C[C@@H]21. The molecule has 0 bridgehead atoms. The van der Waals surface area contributed by atoms with Gasteiger partial charge in [-0.05, 0) is 20.5 Å². The summed E-state index contributed by atoms with van der Waals surface area (Å²) in [4.78, 5) is 29.8. The van der Waals surface area contributed by atoms with E-state index in [1.54, 1.807) is 28.8 Å². The molecule has 0 aliphatic carbocycles. The molecule has 9 heteroatoms. The zero-order chi connectivity index (χ0) is 17.9. The van der Waals surface area contributed by atoms with Gasteiger partial charge in [0.15, 0.2) is 9.84 Å². The number of amides is 3. The van der Waals surface area contributed by atoms with Gasteiger partial charge in [-0.15, -0.1) is 0 Å². The maximum absolute atomic E-state index is 12.4. The molecule has 0 radical (unpaired) electrons. The third-order valence-corrected chi connectivity index (χ3v) is 6.21. The van der Waals surface area contributed by atoms with Crippen molar-refractivity contribution in [3.63, 3.8) is 0 Å². The summed E-state index contributed by atoms with van der Waals surface area (Å²) < 4.78 is 24.2. The highest BCUT2D eigenvalue weighted by Crippen LogP contribution is 2.27. The number of fused-ring (bicyclic) bond motifs is 1. The Hall–Kier alpha value is -1.35. The Kier molecular flexibility index (Phi) is 6.08. The fourth-order valence-corrected chi connectivity index (χ4v) is 5.33. The highest BCUT2D eigenvalue weighted by atomic mass is 32.2. The fourth-order valence-electron chi connectivity index (χ4n) is 3.35. The Bertz CT molecular complexity index is 578. The molecule has 2 fully saturated rings. The van der Waals surface area contributed by atoms with Crippen molar-refractivity contribution in [2.24, 2.45) is 0 Å². The number of nitrogens with zero attached hydrogens (tertiary/aromatic N) is 3. The van der Waals surface area contributed by atoms with Gasteiger partial charge in [-0.3, -0.25) is 4.79 Å². The molecule has 2 heterocycles. The zero-order valence-corrected chi connectivity index (χ0v) is 15.5. The van der Waals surface area contributed by atoms with Crippen LogP contribution in [0.2, 0.25) is 0 Å². The van der Waals surface area contributed by atoms with Gasteiger partial charge < -0.3 is 20.0 Å². The molecule has 2 rings (SSSR count). The molecule has 2 atom stereocenters. The summed E-state index contributed by atoms with van der Waals surface area (Å²) in [5.41, 5.74) is 0. The molecule has 0 unspecified atom stereocenters. The van der Waals surface area contributed by atoms with Crippen molar-refractivity contribution in [2.75, 3.05) is 51.8 Å². The van der Waals surface area contributed by atoms with Crippen LogP contribution >= 0.6 is 0 Å². The smallest absolute Gasteiger partial charge is 0.317 e. The van der Waals surface area contributed by atoms with Gasteiger partial charge in [0.1, 0.15) is 0 Å². The van der Waals surface area contributed by atoms with Crippen LogP contribution in [-0.2, 0) is 14.6 Å². The molecule has 0 aromatic rings. The van der Waals surface area contributed by atoms with Gasteiger partial charge in [-0.2, -0.15) is 0 Å². The number of unbranched alkanes of at least 4 members (excludes halogenated alkanes) is 1. The molecule has 2 aliphatic heterocycles. The monoisotopic (exact) mass is 360 g/mol. The first-order valence-electron chi connectivity index (χ1n) is 8.44. The van der Waals surface area contributed by atoms with E-state index in [9.17, 15) is 18.0 Å².